The summed E-state index contributed by atoms with van der Waals surface area (Å²) in [5.74, 6) is -3.27. The van der Waals surface area contributed by atoms with E-state index in [1.807, 2.05) is 0 Å². The molecule has 1 rings (SSSR count). The molecule has 0 bridgehead atoms. The minimum absolute atomic E-state index is 0.0543. The number of carbonyl (C=O) groups is 4. The van der Waals surface area contributed by atoms with Crippen molar-refractivity contribution < 1.29 is 24.3 Å². The Hall–Kier alpha value is -2.59. The van der Waals surface area contributed by atoms with Gasteiger partial charge in [-0.25, -0.2) is 4.79 Å². The third kappa shape index (κ3) is 8.03. The molecule has 0 saturated heterocycles. The van der Waals surface area contributed by atoms with Crippen LogP contribution in [0.1, 0.15) is 26.3 Å². The number of rotatable bonds is 11. The normalized spacial score (nSPS) is 14.9. The highest BCUT2D eigenvalue weighted by molar-refractivity contribution is 7.80. The van der Waals surface area contributed by atoms with Crippen molar-refractivity contribution >= 4 is 36.3 Å². The van der Waals surface area contributed by atoms with E-state index in [1.165, 1.54) is 6.92 Å². The van der Waals surface area contributed by atoms with Crippen LogP contribution in [0.25, 0.3) is 0 Å². The van der Waals surface area contributed by atoms with Crippen molar-refractivity contribution in [2.45, 2.75) is 51.4 Å². The summed E-state index contributed by atoms with van der Waals surface area (Å²) in [4.78, 5) is 48.7. The average molecular weight is 439 g/mol. The maximum atomic E-state index is 12.6. The van der Waals surface area contributed by atoms with Gasteiger partial charge in [-0.2, -0.15) is 12.6 Å². The average Bonchev–Trinajstić information content (AvgIpc) is 2.69. The topological polar surface area (TPSA) is 151 Å². The fourth-order valence-electron chi connectivity index (χ4n) is 2.60. The zero-order valence-corrected chi connectivity index (χ0v) is 18.2. The Morgan fingerprint density at radius 1 is 0.933 bits per heavy atom. The first-order chi connectivity index (χ1) is 14.1. The van der Waals surface area contributed by atoms with Gasteiger partial charge in [-0.05, 0) is 18.4 Å². The summed E-state index contributed by atoms with van der Waals surface area (Å²) in [5.41, 5.74) is 6.28. The van der Waals surface area contributed by atoms with Crippen LogP contribution in [-0.2, 0) is 25.6 Å². The van der Waals surface area contributed by atoms with Gasteiger partial charge in [0, 0.05) is 12.2 Å². The summed E-state index contributed by atoms with van der Waals surface area (Å²) in [6, 6.07) is 4.92. The molecule has 6 N–H and O–H groups in total. The number of hydrogen-bond acceptors (Lipinski definition) is 6. The van der Waals surface area contributed by atoms with Gasteiger partial charge in [0.25, 0.3) is 0 Å². The molecule has 0 aliphatic heterocycles. The Morgan fingerprint density at radius 2 is 1.50 bits per heavy atom. The van der Waals surface area contributed by atoms with E-state index in [0.29, 0.717) is 0 Å². The van der Waals surface area contributed by atoms with Crippen LogP contribution in [0.4, 0.5) is 0 Å². The molecule has 0 fully saturated rings. The zero-order valence-electron chi connectivity index (χ0n) is 17.3. The Kier molecular flexibility index (Phi) is 10.3. The van der Waals surface area contributed by atoms with E-state index in [1.54, 1.807) is 44.2 Å². The van der Waals surface area contributed by atoms with Gasteiger partial charge >= 0.3 is 5.97 Å². The van der Waals surface area contributed by atoms with Crippen LogP contribution in [0.3, 0.4) is 0 Å². The Balaban J connectivity index is 2.83. The molecule has 166 valence electrons. The summed E-state index contributed by atoms with van der Waals surface area (Å²) < 4.78 is 0. The van der Waals surface area contributed by atoms with Crippen molar-refractivity contribution in [3.8, 4) is 0 Å². The molecule has 3 amide bonds. The summed E-state index contributed by atoms with van der Waals surface area (Å²) in [5, 5.41) is 17.0. The van der Waals surface area contributed by atoms with Crippen molar-refractivity contribution in [1.29, 1.82) is 0 Å². The van der Waals surface area contributed by atoms with Crippen molar-refractivity contribution in [3.63, 3.8) is 0 Å². The third-order valence-corrected chi connectivity index (χ3v) is 4.74. The lowest BCUT2D eigenvalue weighted by Gasteiger charge is -2.26. The summed E-state index contributed by atoms with van der Waals surface area (Å²) in [6.45, 7) is 4.97. The quantitative estimate of drug-likeness (QED) is 0.261. The SMILES string of the molecule is CC(N)C(=O)NC(C(=O)NC(CS)C(=O)NC(Cc1ccccc1)C(=O)O)C(C)C. The molecule has 0 radical (unpaired) electrons. The molecule has 0 saturated carbocycles. The zero-order chi connectivity index (χ0) is 22.8. The summed E-state index contributed by atoms with van der Waals surface area (Å²) in [6.07, 6.45) is 0.0915. The summed E-state index contributed by atoms with van der Waals surface area (Å²) in [7, 11) is 0. The van der Waals surface area contributed by atoms with Gasteiger partial charge in [0.2, 0.25) is 17.7 Å². The van der Waals surface area contributed by atoms with Gasteiger partial charge in [-0.3, -0.25) is 14.4 Å². The first-order valence-corrected chi connectivity index (χ1v) is 10.2. The van der Waals surface area contributed by atoms with Crippen molar-refractivity contribution in [1.82, 2.24) is 16.0 Å². The fraction of sp³-hybridized carbons (Fsp3) is 0.500. The maximum absolute atomic E-state index is 12.6. The molecule has 0 spiro atoms. The lowest BCUT2D eigenvalue weighted by Crippen LogP contribution is -2.58. The highest BCUT2D eigenvalue weighted by Crippen LogP contribution is 2.06. The van der Waals surface area contributed by atoms with Crippen LogP contribution in [0.2, 0.25) is 0 Å². The molecule has 0 aliphatic rings. The van der Waals surface area contributed by atoms with Gasteiger partial charge in [-0.15, -0.1) is 0 Å². The first-order valence-electron chi connectivity index (χ1n) is 9.61. The van der Waals surface area contributed by atoms with E-state index in [-0.39, 0.29) is 18.1 Å². The molecular formula is C20H30N4O5S. The lowest BCUT2D eigenvalue weighted by molar-refractivity contribution is -0.142. The number of thiol groups is 1. The van der Waals surface area contributed by atoms with Crippen molar-refractivity contribution in [3.05, 3.63) is 35.9 Å². The van der Waals surface area contributed by atoms with Crippen molar-refractivity contribution in [2.24, 2.45) is 11.7 Å². The molecule has 0 heterocycles. The molecule has 10 heteroatoms. The predicted octanol–water partition coefficient (Wildman–Crippen LogP) is -0.299. The highest BCUT2D eigenvalue weighted by atomic mass is 32.1. The molecule has 4 atom stereocenters. The van der Waals surface area contributed by atoms with E-state index < -0.39 is 47.9 Å². The number of nitrogens with two attached hydrogens (primary N) is 1. The van der Waals surface area contributed by atoms with Gasteiger partial charge in [0.1, 0.15) is 18.1 Å². The van der Waals surface area contributed by atoms with Crippen LogP contribution >= 0.6 is 12.6 Å². The second-order valence-corrected chi connectivity index (χ2v) is 7.72. The minimum atomic E-state index is -1.19. The van der Waals surface area contributed by atoms with Crippen LogP contribution in [0.5, 0.6) is 0 Å². The highest BCUT2D eigenvalue weighted by Gasteiger charge is 2.30. The molecule has 1 aromatic rings. The van der Waals surface area contributed by atoms with Gasteiger partial charge in [0.15, 0.2) is 0 Å². The van der Waals surface area contributed by atoms with Gasteiger partial charge < -0.3 is 26.8 Å². The van der Waals surface area contributed by atoms with E-state index >= 15 is 0 Å². The Morgan fingerprint density at radius 3 is 1.97 bits per heavy atom. The Labute approximate surface area is 181 Å². The standard InChI is InChI=1S/C20H30N4O5S/c1-11(2)16(24-17(25)12(3)21)19(27)23-15(10-30)18(26)22-14(20(28)29)9-13-7-5-4-6-8-13/h4-8,11-12,14-16,30H,9-10,21H2,1-3H3,(H,22,26)(H,23,27)(H,24,25)(H,28,29). The number of nitrogens with one attached hydrogen (secondary N) is 3. The van der Waals surface area contributed by atoms with E-state index in [9.17, 15) is 24.3 Å². The van der Waals surface area contributed by atoms with Crippen molar-refractivity contribution in [2.75, 3.05) is 5.75 Å². The number of hydrogen-bond donors (Lipinski definition) is 6. The monoisotopic (exact) mass is 438 g/mol. The van der Waals surface area contributed by atoms with E-state index in [4.69, 9.17) is 5.73 Å². The first kappa shape index (κ1) is 25.4. The molecular weight excluding hydrogens is 408 g/mol. The van der Waals surface area contributed by atoms with E-state index in [0.717, 1.165) is 5.56 Å². The number of aliphatic carboxylic acids is 1. The maximum Gasteiger partial charge on any atom is 0.326 e. The second kappa shape index (κ2) is 12.2. The Bertz CT molecular complexity index is 742. The third-order valence-electron chi connectivity index (χ3n) is 4.37. The van der Waals surface area contributed by atoms with Crippen LogP contribution < -0.4 is 21.7 Å². The lowest BCUT2D eigenvalue weighted by atomic mass is 10.0. The number of carbonyl (C=O) groups excluding carboxylic acids is 3. The van der Waals surface area contributed by atoms with Crippen LogP contribution in [0, 0.1) is 5.92 Å². The van der Waals surface area contributed by atoms with Crippen LogP contribution in [0.15, 0.2) is 30.3 Å². The number of carboxylic acids is 1. The number of carboxylic acid groups (broad SMARTS) is 1. The summed E-state index contributed by atoms with van der Waals surface area (Å²) >= 11 is 4.10. The van der Waals surface area contributed by atoms with Gasteiger partial charge in [0.05, 0.1) is 6.04 Å². The smallest absolute Gasteiger partial charge is 0.326 e. The second-order valence-electron chi connectivity index (χ2n) is 7.35. The molecule has 1 aromatic carbocycles. The number of benzene rings is 1. The largest absolute Gasteiger partial charge is 0.480 e. The van der Waals surface area contributed by atoms with Crippen LogP contribution in [-0.4, -0.2) is 58.7 Å². The molecule has 30 heavy (non-hydrogen) atoms. The fourth-order valence-corrected chi connectivity index (χ4v) is 2.85. The molecule has 4 unspecified atom stereocenters. The van der Waals surface area contributed by atoms with Gasteiger partial charge in [-0.1, -0.05) is 44.2 Å². The molecule has 9 nitrogen and oxygen atoms in total. The number of amides is 3. The predicted molar refractivity (Wildman–Crippen MR) is 116 cm³/mol. The van der Waals surface area contributed by atoms with E-state index in [2.05, 4.69) is 28.6 Å². The molecule has 0 aromatic heterocycles. The minimum Gasteiger partial charge on any atom is -0.480 e. The molecule has 0 aliphatic carbocycles.